The number of benzene rings is 2. The van der Waals surface area contributed by atoms with Crippen LogP contribution in [0.1, 0.15) is 16.7 Å². The lowest BCUT2D eigenvalue weighted by Gasteiger charge is -2.12. The summed E-state index contributed by atoms with van der Waals surface area (Å²) in [6, 6.07) is 9.93. The van der Waals surface area contributed by atoms with Crippen molar-refractivity contribution in [2.45, 2.75) is 19.1 Å². The van der Waals surface area contributed by atoms with Gasteiger partial charge in [0.25, 0.3) is 5.88 Å². The Hall–Kier alpha value is -4.19. The highest BCUT2D eigenvalue weighted by atomic mass is 35.5. The first-order valence-corrected chi connectivity index (χ1v) is 11.4. The fourth-order valence-corrected chi connectivity index (χ4v) is 3.53. The largest absolute Gasteiger partial charge is 0.475 e. The Morgan fingerprint density at radius 3 is 2.34 bits per heavy atom. The molecule has 0 saturated carbocycles. The number of rotatable bonds is 9. The first-order chi connectivity index (χ1) is 18.1. The van der Waals surface area contributed by atoms with E-state index in [-0.39, 0.29) is 24.9 Å². The second-order valence-corrected chi connectivity index (χ2v) is 8.27. The predicted octanol–water partition coefficient (Wildman–Crippen LogP) is 5.32. The zero-order chi connectivity index (χ0) is 27.3. The second kappa shape index (κ2) is 11.5. The monoisotopic (exact) mass is 550 g/mol. The van der Waals surface area contributed by atoms with Gasteiger partial charge in [0.2, 0.25) is 5.82 Å². The van der Waals surface area contributed by atoms with Crippen LogP contribution in [0.25, 0.3) is 0 Å². The molecule has 0 spiro atoms. The molecule has 13 heteroatoms. The molecule has 0 aliphatic carbocycles. The van der Waals surface area contributed by atoms with Gasteiger partial charge in [-0.15, -0.1) is 0 Å². The normalized spacial score (nSPS) is 11.3. The van der Waals surface area contributed by atoms with E-state index in [1.807, 2.05) is 0 Å². The lowest BCUT2D eigenvalue weighted by Crippen LogP contribution is -2.25. The lowest BCUT2D eigenvalue weighted by molar-refractivity contribution is -0.137. The molecular weight excluding hydrogens is 532 g/mol. The fraction of sp³-hybridized carbons (Fsp3) is 0.200. The van der Waals surface area contributed by atoms with Crippen molar-refractivity contribution < 1.29 is 31.8 Å². The summed E-state index contributed by atoms with van der Waals surface area (Å²) in [5, 5.41) is -0.421. The first kappa shape index (κ1) is 26.9. The summed E-state index contributed by atoms with van der Waals surface area (Å²) in [5.41, 5.74) is -0.381. The van der Waals surface area contributed by atoms with Gasteiger partial charge in [0.05, 0.1) is 37.0 Å². The molecule has 0 atom stereocenters. The Morgan fingerprint density at radius 1 is 1.00 bits per heavy atom. The van der Waals surface area contributed by atoms with Gasteiger partial charge >= 0.3 is 17.9 Å². The SMILES string of the molecule is COc1ncc(Cn2cc(F)c(OCCc3ccc(Oc4ccc(Cl)c(C(F)(F)F)c4)cc3)nc2=O)cn1. The Labute approximate surface area is 218 Å². The molecule has 0 fully saturated rings. The topological polar surface area (TPSA) is 88.4 Å². The van der Waals surface area contributed by atoms with Crippen molar-refractivity contribution in [2.75, 3.05) is 13.7 Å². The number of nitrogens with zero attached hydrogens (tertiary/aromatic N) is 4. The summed E-state index contributed by atoms with van der Waals surface area (Å²) in [6.45, 7) is 0.0288. The summed E-state index contributed by atoms with van der Waals surface area (Å²) < 4.78 is 70.3. The number of methoxy groups -OCH3 is 1. The van der Waals surface area contributed by atoms with Crippen LogP contribution in [0.5, 0.6) is 23.4 Å². The highest BCUT2D eigenvalue weighted by Crippen LogP contribution is 2.37. The zero-order valence-electron chi connectivity index (χ0n) is 19.7. The van der Waals surface area contributed by atoms with Gasteiger partial charge in [-0.2, -0.15) is 22.5 Å². The summed E-state index contributed by atoms with van der Waals surface area (Å²) in [7, 11) is 1.42. The van der Waals surface area contributed by atoms with Crippen molar-refractivity contribution in [3.05, 3.63) is 99.1 Å². The number of hydrogen-bond acceptors (Lipinski definition) is 7. The number of hydrogen-bond donors (Lipinski definition) is 0. The molecule has 0 saturated heterocycles. The van der Waals surface area contributed by atoms with Crippen molar-refractivity contribution in [3.8, 4) is 23.4 Å². The van der Waals surface area contributed by atoms with E-state index in [4.69, 9.17) is 25.8 Å². The molecule has 2 aromatic carbocycles. The molecule has 198 valence electrons. The quantitative estimate of drug-likeness (QED) is 0.261. The summed E-state index contributed by atoms with van der Waals surface area (Å²) in [5.74, 6) is -0.957. The minimum Gasteiger partial charge on any atom is -0.475 e. The van der Waals surface area contributed by atoms with Gasteiger partial charge in [0.1, 0.15) is 11.5 Å². The average molecular weight is 551 g/mol. The third kappa shape index (κ3) is 6.76. The molecule has 38 heavy (non-hydrogen) atoms. The minimum atomic E-state index is -4.61. The maximum absolute atomic E-state index is 14.5. The van der Waals surface area contributed by atoms with Crippen LogP contribution in [0.3, 0.4) is 0 Å². The van der Waals surface area contributed by atoms with Crippen LogP contribution >= 0.6 is 11.6 Å². The van der Waals surface area contributed by atoms with Gasteiger partial charge in [-0.05, 0) is 35.9 Å². The highest BCUT2D eigenvalue weighted by Gasteiger charge is 2.33. The van der Waals surface area contributed by atoms with Crippen molar-refractivity contribution in [2.24, 2.45) is 0 Å². The third-order valence-electron chi connectivity index (χ3n) is 5.17. The molecular formula is C25H19ClF4N4O4. The van der Waals surface area contributed by atoms with Crippen molar-refractivity contribution >= 4 is 11.6 Å². The molecule has 2 aromatic heterocycles. The number of ether oxygens (including phenoxy) is 3. The van der Waals surface area contributed by atoms with Crippen molar-refractivity contribution in [3.63, 3.8) is 0 Å². The van der Waals surface area contributed by atoms with Crippen LogP contribution in [0.15, 0.2) is 65.8 Å². The van der Waals surface area contributed by atoms with Crippen LogP contribution in [0.4, 0.5) is 17.6 Å². The van der Waals surface area contributed by atoms with E-state index in [1.54, 1.807) is 24.3 Å². The number of alkyl halides is 3. The Balaban J connectivity index is 1.33. The van der Waals surface area contributed by atoms with E-state index in [2.05, 4.69) is 15.0 Å². The molecule has 0 N–H and O–H groups in total. The molecule has 0 amide bonds. The third-order valence-corrected chi connectivity index (χ3v) is 5.49. The molecule has 4 aromatic rings. The van der Waals surface area contributed by atoms with Crippen LogP contribution in [-0.4, -0.2) is 33.2 Å². The summed E-state index contributed by atoms with van der Waals surface area (Å²) >= 11 is 5.62. The van der Waals surface area contributed by atoms with Crippen LogP contribution in [-0.2, 0) is 19.1 Å². The van der Waals surface area contributed by atoms with Gasteiger partial charge in [-0.1, -0.05) is 23.7 Å². The van der Waals surface area contributed by atoms with Gasteiger partial charge in [0, 0.05) is 24.4 Å². The molecule has 4 rings (SSSR count). The van der Waals surface area contributed by atoms with Crippen LogP contribution < -0.4 is 19.9 Å². The summed E-state index contributed by atoms with van der Waals surface area (Å²) in [4.78, 5) is 23.8. The van der Waals surface area contributed by atoms with Gasteiger partial charge < -0.3 is 14.2 Å². The maximum Gasteiger partial charge on any atom is 0.417 e. The molecule has 0 bridgehead atoms. The first-order valence-electron chi connectivity index (χ1n) is 11.0. The number of aromatic nitrogens is 4. The predicted molar refractivity (Wildman–Crippen MR) is 128 cm³/mol. The average Bonchev–Trinajstić information content (AvgIpc) is 2.88. The van der Waals surface area contributed by atoms with Gasteiger partial charge in [-0.25, -0.2) is 14.8 Å². The smallest absolute Gasteiger partial charge is 0.417 e. The number of halogens is 5. The molecule has 0 radical (unpaired) electrons. The van der Waals surface area contributed by atoms with E-state index in [9.17, 15) is 22.4 Å². The molecule has 0 aliphatic rings. The molecule has 8 nitrogen and oxygen atoms in total. The fourth-order valence-electron chi connectivity index (χ4n) is 3.30. The van der Waals surface area contributed by atoms with E-state index in [0.717, 1.165) is 28.5 Å². The van der Waals surface area contributed by atoms with Gasteiger partial charge in [-0.3, -0.25) is 4.57 Å². The maximum atomic E-state index is 14.5. The lowest BCUT2D eigenvalue weighted by atomic mass is 10.1. The molecule has 2 heterocycles. The molecule has 0 aliphatic heterocycles. The van der Waals surface area contributed by atoms with E-state index < -0.39 is 34.1 Å². The Bertz CT molecular complexity index is 1460. The Kier molecular flexibility index (Phi) is 8.10. The van der Waals surface area contributed by atoms with Gasteiger partial charge in [0.15, 0.2) is 0 Å². The molecule has 0 unspecified atom stereocenters. The zero-order valence-corrected chi connectivity index (χ0v) is 20.5. The van der Waals surface area contributed by atoms with E-state index in [1.165, 1.54) is 25.6 Å². The van der Waals surface area contributed by atoms with E-state index >= 15 is 0 Å². The highest BCUT2D eigenvalue weighted by molar-refractivity contribution is 6.31. The van der Waals surface area contributed by atoms with Crippen LogP contribution in [0, 0.1) is 5.82 Å². The Morgan fingerprint density at radius 2 is 1.68 bits per heavy atom. The second-order valence-electron chi connectivity index (χ2n) is 7.87. The van der Waals surface area contributed by atoms with Crippen LogP contribution in [0.2, 0.25) is 5.02 Å². The minimum absolute atomic E-state index is 0.00891. The van der Waals surface area contributed by atoms with E-state index in [0.29, 0.717) is 17.7 Å². The summed E-state index contributed by atoms with van der Waals surface area (Å²) in [6.07, 6.45) is -0.376. The van der Waals surface area contributed by atoms with Crippen molar-refractivity contribution in [1.82, 2.24) is 19.5 Å². The standard InChI is InChI=1S/C25H19ClF4N4O4/c1-36-23-31-11-16(12-32-23)13-34-14-21(27)22(33-24(34)35)37-9-8-15-2-4-17(5-3-15)38-18-6-7-20(26)19(10-18)25(28,29)30/h2-7,10-12,14H,8-9,13H2,1H3. The van der Waals surface area contributed by atoms with Crippen molar-refractivity contribution in [1.29, 1.82) is 0 Å².